The second-order valence-corrected chi connectivity index (χ2v) is 6.31. The fourth-order valence-electron chi connectivity index (χ4n) is 2.34. The van der Waals surface area contributed by atoms with E-state index in [-0.39, 0.29) is 16.7 Å². The SMILES string of the molecule is Cc1ccc(-c2nnc(N3CC(Br)CC3=O)o2)c(C)c1. The fourth-order valence-corrected chi connectivity index (χ4v) is 2.90. The highest BCUT2D eigenvalue weighted by Crippen LogP contribution is 2.28. The second-order valence-electron chi connectivity index (χ2n) is 5.01. The summed E-state index contributed by atoms with van der Waals surface area (Å²) in [6.45, 7) is 4.60. The molecule has 1 atom stereocenters. The minimum atomic E-state index is 0.00250. The Bertz CT molecular complexity index is 668. The molecule has 1 unspecified atom stereocenters. The quantitative estimate of drug-likeness (QED) is 0.792. The predicted octanol–water partition coefficient (Wildman–Crippen LogP) is 2.85. The van der Waals surface area contributed by atoms with Gasteiger partial charge in [-0.3, -0.25) is 9.69 Å². The molecule has 1 aliphatic rings. The van der Waals surface area contributed by atoms with Crippen LogP contribution < -0.4 is 4.90 Å². The molecular formula is C14H14BrN3O2. The van der Waals surface area contributed by atoms with Crippen LogP contribution in [0.5, 0.6) is 0 Å². The molecule has 0 radical (unpaired) electrons. The van der Waals surface area contributed by atoms with E-state index in [1.807, 2.05) is 26.0 Å². The first-order valence-corrected chi connectivity index (χ1v) is 7.32. The van der Waals surface area contributed by atoms with Gasteiger partial charge in [-0.15, -0.1) is 5.10 Å². The lowest BCUT2D eigenvalue weighted by Crippen LogP contribution is -2.24. The summed E-state index contributed by atoms with van der Waals surface area (Å²) in [5.41, 5.74) is 3.16. The smallest absolute Gasteiger partial charge is 0.325 e. The number of aromatic nitrogens is 2. The highest BCUT2D eigenvalue weighted by molar-refractivity contribution is 9.09. The van der Waals surface area contributed by atoms with E-state index >= 15 is 0 Å². The van der Waals surface area contributed by atoms with Gasteiger partial charge < -0.3 is 4.42 Å². The van der Waals surface area contributed by atoms with Crippen molar-refractivity contribution in [3.8, 4) is 11.5 Å². The Morgan fingerprint density at radius 3 is 2.80 bits per heavy atom. The maximum Gasteiger partial charge on any atom is 0.325 e. The molecule has 1 saturated heterocycles. The monoisotopic (exact) mass is 335 g/mol. The van der Waals surface area contributed by atoms with Gasteiger partial charge in [-0.1, -0.05) is 38.7 Å². The first-order valence-electron chi connectivity index (χ1n) is 6.40. The number of alkyl halides is 1. The fraction of sp³-hybridized carbons (Fsp3) is 0.357. The van der Waals surface area contributed by atoms with Crippen molar-refractivity contribution in [2.45, 2.75) is 25.1 Å². The Balaban J connectivity index is 1.92. The number of aryl methyl sites for hydroxylation is 2. The maximum absolute atomic E-state index is 11.8. The molecule has 6 heteroatoms. The predicted molar refractivity (Wildman–Crippen MR) is 78.9 cm³/mol. The molecule has 0 saturated carbocycles. The van der Waals surface area contributed by atoms with Crippen LogP contribution in [0.2, 0.25) is 0 Å². The van der Waals surface area contributed by atoms with Crippen LogP contribution in [0.4, 0.5) is 6.01 Å². The van der Waals surface area contributed by atoms with E-state index in [1.165, 1.54) is 10.5 Å². The summed E-state index contributed by atoms with van der Waals surface area (Å²) in [6, 6.07) is 6.30. The summed E-state index contributed by atoms with van der Waals surface area (Å²) >= 11 is 3.44. The van der Waals surface area contributed by atoms with Crippen LogP contribution in [0, 0.1) is 13.8 Å². The molecular weight excluding hydrogens is 322 g/mol. The highest BCUT2D eigenvalue weighted by atomic mass is 79.9. The zero-order valence-corrected chi connectivity index (χ0v) is 12.8. The number of anilines is 1. The average molecular weight is 336 g/mol. The van der Waals surface area contributed by atoms with Crippen molar-refractivity contribution in [3.63, 3.8) is 0 Å². The molecule has 104 valence electrons. The van der Waals surface area contributed by atoms with Crippen molar-refractivity contribution in [2.75, 3.05) is 11.4 Å². The van der Waals surface area contributed by atoms with Crippen molar-refractivity contribution in [2.24, 2.45) is 0 Å². The van der Waals surface area contributed by atoms with Gasteiger partial charge in [0.05, 0.1) is 0 Å². The van der Waals surface area contributed by atoms with Crippen LogP contribution in [0.1, 0.15) is 17.5 Å². The summed E-state index contributed by atoms with van der Waals surface area (Å²) in [7, 11) is 0. The summed E-state index contributed by atoms with van der Waals surface area (Å²) in [5.74, 6) is 0.450. The number of halogens is 1. The molecule has 20 heavy (non-hydrogen) atoms. The lowest BCUT2D eigenvalue weighted by molar-refractivity contribution is -0.117. The van der Waals surface area contributed by atoms with Gasteiger partial charge in [0, 0.05) is 23.4 Å². The summed E-state index contributed by atoms with van der Waals surface area (Å²) in [6.07, 6.45) is 0.460. The molecule has 2 heterocycles. The third-order valence-electron chi connectivity index (χ3n) is 3.34. The molecule has 2 aromatic rings. The van der Waals surface area contributed by atoms with Crippen LogP contribution in [-0.2, 0) is 4.79 Å². The molecule has 1 aromatic heterocycles. The normalized spacial score (nSPS) is 18.9. The van der Waals surface area contributed by atoms with Crippen molar-refractivity contribution in [1.82, 2.24) is 10.2 Å². The number of nitrogens with zero attached hydrogens (tertiary/aromatic N) is 3. The third-order valence-corrected chi connectivity index (χ3v) is 3.95. The van der Waals surface area contributed by atoms with Crippen molar-refractivity contribution < 1.29 is 9.21 Å². The molecule has 0 N–H and O–H groups in total. The molecule has 0 aliphatic carbocycles. The van der Waals surface area contributed by atoms with E-state index in [4.69, 9.17) is 4.42 Å². The number of benzene rings is 1. The van der Waals surface area contributed by atoms with Crippen molar-refractivity contribution in [3.05, 3.63) is 29.3 Å². The van der Waals surface area contributed by atoms with Gasteiger partial charge in [0.1, 0.15) is 0 Å². The Morgan fingerprint density at radius 1 is 1.35 bits per heavy atom. The topological polar surface area (TPSA) is 59.2 Å². The number of hydrogen-bond donors (Lipinski definition) is 0. The second kappa shape index (κ2) is 5.01. The molecule has 1 amide bonds. The Morgan fingerprint density at radius 2 is 2.15 bits per heavy atom. The molecule has 1 aliphatic heterocycles. The number of carbonyl (C=O) groups is 1. The number of carbonyl (C=O) groups excluding carboxylic acids is 1. The number of amides is 1. The van der Waals surface area contributed by atoms with E-state index in [0.29, 0.717) is 18.9 Å². The Kier molecular flexibility index (Phi) is 3.33. The largest absolute Gasteiger partial charge is 0.403 e. The zero-order chi connectivity index (χ0) is 14.3. The standard InChI is InChI=1S/C14H14BrN3O2/c1-8-3-4-11(9(2)5-8)13-16-17-14(20-13)18-7-10(15)6-12(18)19/h3-5,10H,6-7H2,1-2H3. The number of rotatable bonds is 2. The third kappa shape index (κ3) is 2.35. The maximum atomic E-state index is 11.8. The van der Waals surface area contributed by atoms with Gasteiger partial charge in [0.15, 0.2) is 0 Å². The molecule has 5 nitrogen and oxygen atoms in total. The van der Waals surface area contributed by atoms with Gasteiger partial charge >= 0.3 is 6.01 Å². The average Bonchev–Trinajstić information content (AvgIpc) is 2.96. The van der Waals surface area contributed by atoms with E-state index in [2.05, 4.69) is 32.2 Å². The minimum Gasteiger partial charge on any atom is -0.403 e. The van der Waals surface area contributed by atoms with Crippen LogP contribution >= 0.6 is 15.9 Å². The minimum absolute atomic E-state index is 0.00250. The van der Waals surface area contributed by atoms with E-state index in [1.54, 1.807) is 0 Å². The van der Waals surface area contributed by atoms with E-state index in [0.717, 1.165) is 11.1 Å². The number of hydrogen-bond acceptors (Lipinski definition) is 4. The van der Waals surface area contributed by atoms with Crippen LogP contribution in [0.3, 0.4) is 0 Å². The highest BCUT2D eigenvalue weighted by Gasteiger charge is 2.32. The lowest BCUT2D eigenvalue weighted by atomic mass is 10.1. The van der Waals surface area contributed by atoms with Crippen molar-refractivity contribution >= 4 is 27.9 Å². The van der Waals surface area contributed by atoms with Crippen LogP contribution in [0.25, 0.3) is 11.5 Å². The van der Waals surface area contributed by atoms with Crippen molar-refractivity contribution in [1.29, 1.82) is 0 Å². The summed E-state index contributed by atoms with van der Waals surface area (Å²) < 4.78 is 5.66. The molecule has 1 fully saturated rings. The Labute approximate surface area is 125 Å². The van der Waals surface area contributed by atoms with Gasteiger partial charge in [0.25, 0.3) is 0 Å². The molecule has 1 aromatic carbocycles. The first kappa shape index (κ1) is 13.3. The van der Waals surface area contributed by atoms with Gasteiger partial charge in [-0.25, -0.2) is 0 Å². The van der Waals surface area contributed by atoms with Gasteiger partial charge in [-0.05, 0) is 25.5 Å². The summed E-state index contributed by atoms with van der Waals surface area (Å²) in [4.78, 5) is 13.5. The zero-order valence-electron chi connectivity index (χ0n) is 11.3. The lowest BCUT2D eigenvalue weighted by Gasteiger charge is -2.08. The molecule has 0 spiro atoms. The molecule has 3 rings (SSSR count). The van der Waals surface area contributed by atoms with Gasteiger partial charge in [0.2, 0.25) is 11.8 Å². The summed E-state index contributed by atoms with van der Waals surface area (Å²) in [5, 5.41) is 8.05. The van der Waals surface area contributed by atoms with Crippen LogP contribution in [0.15, 0.2) is 22.6 Å². The van der Waals surface area contributed by atoms with Crippen LogP contribution in [-0.4, -0.2) is 27.5 Å². The van der Waals surface area contributed by atoms with Gasteiger partial charge in [-0.2, -0.15) is 0 Å². The van der Waals surface area contributed by atoms with E-state index < -0.39 is 0 Å². The molecule has 0 bridgehead atoms. The van der Waals surface area contributed by atoms with E-state index in [9.17, 15) is 4.79 Å². The first-order chi connectivity index (χ1) is 9.54. The Hall–Kier alpha value is -1.69.